The molecule has 5 rings (SSSR count). The summed E-state index contributed by atoms with van der Waals surface area (Å²) in [6, 6.07) is 20.3. The van der Waals surface area contributed by atoms with E-state index in [1.54, 1.807) is 12.1 Å². The monoisotopic (exact) mass is 484 g/mol. The van der Waals surface area contributed by atoms with Gasteiger partial charge in [0.2, 0.25) is 0 Å². The quantitative estimate of drug-likeness (QED) is 0.190. The van der Waals surface area contributed by atoms with Gasteiger partial charge in [-0.15, -0.1) is 0 Å². The molecule has 176 valence electrons. The summed E-state index contributed by atoms with van der Waals surface area (Å²) >= 11 is 6.27. The molecule has 5 aromatic rings. The van der Waals surface area contributed by atoms with Gasteiger partial charge in [0.15, 0.2) is 5.82 Å². The van der Waals surface area contributed by atoms with Gasteiger partial charge < -0.3 is 9.52 Å². The van der Waals surface area contributed by atoms with Crippen LogP contribution in [0.15, 0.2) is 75.9 Å². The molecule has 2 aromatic heterocycles. The Labute approximate surface area is 208 Å². The molecule has 0 spiro atoms. The second-order valence-electron chi connectivity index (χ2n) is 8.70. The summed E-state index contributed by atoms with van der Waals surface area (Å²) in [4.78, 5) is 22.4. The Kier molecular flexibility index (Phi) is 6.51. The summed E-state index contributed by atoms with van der Waals surface area (Å²) in [5, 5.41) is 12.6. The predicted octanol–water partition coefficient (Wildman–Crippen LogP) is 7.55. The van der Waals surface area contributed by atoms with Crippen molar-refractivity contribution >= 4 is 33.5 Å². The second kappa shape index (κ2) is 9.88. The molecular formula is C29H25ClN2O3. The topological polar surface area (TPSA) is 76.2 Å². The number of unbranched alkanes of at least 4 members (excludes halogenated alkanes) is 3. The molecule has 2 heterocycles. The van der Waals surface area contributed by atoms with Gasteiger partial charge in [0, 0.05) is 27.4 Å². The number of halogens is 1. The molecule has 35 heavy (non-hydrogen) atoms. The minimum absolute atomic E-state index is 0.148. The average Bonchev–Trinajstić information content (AvgIpc) is 2.86. The van der Waals surface area contributed by atoms with Gasteiger partial charge in [-0.05, 0) is 48.7 Å². The summed E-state index contributed by atoms with van der Waals surface area (Å²) in [7, 11) is 0. The molecule has 3 aromatic carbocycles. The zero-order valence-corrected chi connectivity index (χ0v) is 20.2. The Hall–Kier alpha value is -3.70. The molecule has 0 bridgehead atoms. The van der Waals surface area contributed by atoms with E-state index in [1.807, 2.05) is 48.5 Å². The van der Waals surface area contributed by atoms with Gasteiger partial charge in [0.25, 0.3) is 0 Å². The van der Waals surface area contributed by atoms with E-state index in [-0.39, 0.29) is 17.1 Å². The van der Waals surface area contributed by atoms with Crippen LogP contribution in [0.4, 0.5) is 0 Å². The van der Waals surface area contributed by atoms with Crippen molar-refractivity contribution in [2.45, 2.75) is 39.0 Å². The van der Waals surface area contributed by atoms with Gasteiger partial charge in [-0.3, -0.25) is 0 Å². The van der Waals surface area contributed by atoms with Crippen LogP contribution in [0.3, 0.4) is 0 Å². The highest BCUT2D eigenvalue weighted by molar-refractivity contribution is 6.31. The van der Waals surface area contributed by atoms with Crippen molar-refractivity contribution in [3.8, 4) is 28.4 Å². The Morgan fingerprint density at radius 3 is 2.57 bits per heavy atom. The number of hydrogen-bond donors (Lipinski definition) is 1. The molecule has 0 fully saturated rings. The number of nitrogens with zero attached hydrogens (tertiary/aromatic N) is 2. The van der Waals surface area contributed by atoms with Crippen molar-refractivity contribution in [3.05, 3.63) is 87.7 Å². The number of phenols is 1. The maximum atomic E-state index is 13.0. The zero-order chi connectivity index (χ0) is 24.4. The van der Waals surface area contributed by atoms with Gasteiger partial charge in [-0.2, -0.15) is 0 Å². The van der Waals surface area contributed by atoms with Crippen LogP contribution in [0.2, 0.25) is 5.02 Å². The van der Waals surface area contributed by atoms with E-state index in [4.69, 9.17) is 21.0 Å². The summed E-state index contributed by atoms with van der Waals surface area (Å²) < 4.78 is 5.59. The summed E-state index contributed by atoms with van der Waals surface area (Å²) in [6.07, 6.45) is 5.19. The normalized spacial score (nSPS) is 11.4. The number of rotatable bonds is 7. The number of aromatic nitrogens is 2. The van der Waals surface area contributed by atoms with Crippen LogP contribution in [0, 0.1) is 0 Å². The van der Waals surface area contributed by atoms with E-state index >= 15 is 0 Å². The minimum atomic E-state index is -0.556. The van der Waals surface area contributed by atoms with Crippen LogP contribution in [-0.2, 0) is 6.42 Å². The van der Waals surface area contributed by atoms with Gasteiger partial charge >= 0.3 is 5.63 Å². The first kappa shape index (κ1) is 23.1. The van der Waals surface area contributed by atoms with Gasteiger partial charge in [0.05, 0.1) is 11.2 Å². The van der Waals surface area contributed by atoms with E-state index in [1.165, 1.54) is 12.5 Å². The second-order valence-corrected chi connectivity index (χ2v) is 9.14. The predicted molar refractivity (Wildman–Crippen MR) is 141 cm³/mol. The van der Waals surface area contributed by atoms with Gasteiger partial charge in [-0.1, -0.05) is 68.1 Å². The lowest BCUT2D eigenvalue weighted by molar-refractivity contribution is 0.464. The lowest BCUT2D eigenvalue weighted by Crippen LogP contribution is -2.06. The molecule has 0 aliphatic carbocycles. The summed E-state index contributed by atoms with van der Waals surface area (Å²) in [5.74, 6) is 0.432. The van der Waals surface area contributed by atoms with Crippen LogP contribution in [0.5, 0.6) is 5.75 Å². The fourth-order valence-corrected chi connectivity index (χ4v) is 4.51. The molecule has 0 saturated heterocycles. The molecule has 0 radical (unpaired) electrons. The van der Waals surface area contributed by atoms with Crippen molar-refractivity contribution in [2.75, 3.05) is 0 Å². The standard InChI is InChI=1S/C29H25ClN2O3/c1-2-3-4-6-11-19-14-20-15-23(29(34)35-26(20)17-25(19)33)28-31-24-13-12-21(30)16-22(24)27(32-28)18-9-7-5-8-10-18/h5,7-10,12-17,33H,2-4,6,11H2,1H3. The third-order valence-corrected chi connectivity index (χ3v) is 6.41. The van der Waals surface area contributed by atoms with Crippen LogP contribution in [0.1, 0.15) is 38.2 Å². The molecule has 0 amide bonds. The number of benzene rings is 3. The molecule has 5 nitrogen and oxygen atoms in total. The Morgan fingerprint density at radius 2 is 1.77 bits per heavy atom. The number of aryl methyl sites for hydroxylation is 1. The minimum Gasteiger partial charge on any atom is -0.508 e. The van der Waals surface area contributed by atoms with Crippen molar-refractivity contribution in [1.29, 1.82) is 0 Å². The molecule has 0 aliphatic rings. The molecule has 0 atom stereocenters. The Bertz CT molecular complexity index is 1580. The van der Waals surface area contributed by atoms with Crippen molar-refractivity contribution in [1.82, 2.24) is 9.97 Å². The molecule has 1 N–H and O–H groups in total. The van der Waals surface area contributed by atoms with Crippen LogP contribution in [0.25, 0.3) is 44.5 Å². The van der Waals surface area contributed by atoms with Crippen LogP contribution in [-0.4, -0.2) is 15.1 Å². The van der Waals surface area contributed by atoms with Crippen molar-refractivity contribution < 1.29 is 9.52 Å². The maximum absolute atomic E-state index is 13.0. The highest BCUT2D eigenvalue weighted by Gasteiger charge is 2.17. The maximum Gasteiger partial charge on any atom is 0.347 e. The number of aromatic hydroxyl groups is 1. The summed E-state index contributed by atoms with van der Waals surface area (Å²) in [6.45, 7) is 2.17. The highest BCUT2D eigenvalue weighted by Crippen LogP contribution is 2.32. The first-order chi connectivity index (χ1) is 17.0. The van der Waals surface area contributed by atoms with Crippen LogP contribution < -0.4 is 5.63 Å². The fraction of sp³-hybridized carbons (Fsp3) is 0.207. The third-order valence-electron chi connectivity index (χ3n) is 6.18. The van der Waals surface area contributed by atoms with Crippen molar-refractivity contribution in [3.63, 3.8) is 0 Å². The first-order valence-corrected chi connectivity index (χ1v) is 12.2. The summed E-state index contributed by atoms with van der Waals surface area (Å²) in [5.41, 5.74) is 3.16. The van der Waals surface area contributed by atoms with E-state index in [9.17, 15) is 9.90 Å². The van der Waals surface area contributed by atoms with Crippen molar-refractivity contribution in [2.24, 2.45) is 0 Å². The Balaban J connectivity index is 1.65. The average molecular weight is 485 g/mol. The number of phenolic OH excluding ortho intramolecular Hbond substituents is 1. The fourth-order valence-electron chi connectivity index (χ4n) is 4.34. The SMILES string of the molecule is CCCCCCc1cc2cc(-c3nc(-c4ccccc4)c4cc(Cl)ccc4n3)c(=O)oc2cc1O. The van der Waals surface area contributed by atoms with E-state index in [0.29, 0.717) is 21.8 Å². The van der Waals surface area contributed by atoms with Crippen LogP contribution >= 0.6 is 11.6 Å². The first-order valence-electron chi connectivity index (χ1n) is 11.9. The lowest BCUT2D eigenvalue weighted by Gasteiger charge is -2.10. The number of hydrogen-bond acceptors (Lipinski definition) is 5. The largest absolute Gasteiger partial charge is 0.508 e. The highest BCUT2D eigenvalue weighted by atomic mass is 35.5. The van der Waals surface area contributed by atoms with E-state index in [0.717, 1.165) is 47.6 Å². The van der Waals surface area contributed by atoms with Gasteiger partial charge in [-0.25, -0.2) is 14.8 Å². The zero-order valence-electron chi connectivity index (χ0n) is 19.4. The lowest BCUT2D eigenvalue weighted by atomic mass is 10.0. The molecule has 0 unspecified atom stereocenters. The smallest absolute Gasteiger partial charge is 0.347 e. The molecule has 0 saturated carbocycles. The van der Waals surface area contributed by atoms with Gasteiger partial charge in [0.1, 0.15) is 16.9 Å². The molecule has 6 heteroatoms. The molecular weight excluding hydrogens is 460 g/mol. The van der Waals surface area contributed by atoms with E-state index < -0.39 is 5.63 Å². The van der Waals surface area contributed by atoms with E-state index in [2.05, 4.69) is 11.9 Å². The Morgan fingerprint density at radius 1 is 0.943 bits per heavy atom. The third kappa shape index (κ3) is 4.77. The number of fused-ring (bicyclic) bond motifs is 2. The molecule has 0 aliphatic heterocycles.